The number of hydrogen-bond donors (Lipinski definition) is 1. The monoisotopic (exact) mass is 565 g/mol. The van der Waals surface area contributed by atoms with Crippen LogP contribution in [0.4, 0.5) is 13.6 Å². The van der Waals surface area contributed by atoms with Gasteiger partial charge < -0.3 is 14.6 Å². The van der Waals surface area contributed by atoms with Gasteiger partial charge in [-0.2, -0.15) is 8.78 Å². The summed E-state index contributed by atoms with van der Waals surface area (Å²) in [6.45, 7) is -1.77. The van der Waals surface area contributed by atoms with Gasteiger partial charge in [0, 0.05) is 6.04 Å². The lowest BCUT2D eigenvalue weighted by molar-refractivity contribution is 0.00564. The number of halogens is 2. The Balaban J connectivity index is 0.000000261. The predicted octanol–water partition coefficient (Wildman–Crippen LogP) is 6.60. The number of carbonyl (C=O) groups is 1. The molecule has 6 nitrogen and oxygen atoms in total. The average Bonchev–Trinajstić information content (AvgIpc) is 2.90. The van der Waals surface area contributed by atoms with Crippen LogP contribution in [0.1, 0.15) is 39.5 Å². The van der Waals surface area contributed by atoms with E-state index < -0.39 is 28.1 Å². The van der Waals surface area contributed by atoms with Gasteiger partial charge in [-0.25, -0.2) is 13.2 Å². The highest BCUT2D eigenvalue weighted by Gasteiger charge is 2.39. The minimum Gasteiger partial charge on any atom is -0.743 e. The van der Waals surface area contributed by atoms with E-state index in [1.165, 1.54) is 14.7 Å². The average molecular weight is 566 g/mol. The Morgan fingerprint density at radius 3 is 1.61 bits per heavy atom. The van der Waals surface area contributed by atoms with Gasteiger partial charge in [0.1, 0.15) is 0 Å². The Labute approximate surface area is 226 Å². The summed E-state index contributed by atoms with van der Waals surface area (Å²) in [5.74, 6) is 0. The molecule has 1 aliphatic carbocycles. The second kappa shape index (κ2) is 14.8. The van der Waals surface area contributed by atoms with Crippen molar-refractivity contribution in [3.63, 3.8) is 0 Å². The maximum atomic E-state index is 12.7. The van der Waals surface area contributed by atoms with Crippen LogP contribution in [0.25, 0.3) is 0 Å². The Morgan fingerprint density at radius 1 is 0.842 bits per heavy atom. The zero-order valence-electron chi connectivity index (χ0n) is 20.1. The number of rotatable bonds is 7. The molecule has 0 atom stereocenters. The molecule has 0 aromatic heterocycles. The molecular weight excluding hydrogens is 532 g/mol. The van der Waals surface area contributed by atoms with E-state index in [4.69, 9.17) is 0 Å². The van der Waals surface area contributed by atoms with Gasteiger partial charge >= 0.3 is 11.3 Å². The molecule has 0 heterocycles. The van der Waals surface area contributed by atoms with Crippen LogP contribution in [-0.2, 0) is 25.7 Å². The van der Waals surface area contributed by atoms with Crippen molar-refractivity contribution in [2.45, 2.75) is 65.5 Å². The molecule has 0 radical (unpaired) electrons. The van der Waals surface area contributed by atoms with Crippen molar-refractivity contribution in [2.24, 2.45) is 0 Å². The quantitative estimate of drug-likeness (QED) is 0.257. The molecule has 1 N–H and O–H groups in total. The summed E-state index contributed by atoms with van der Waals surface area (Å²) in [6.07, 6.45) is 3.23. The summed E-state index contributed by atoms with van der Waals surface area (Å²) < 4.78 is 59.8. The fraction of sp³-hybridized carbons (Fsp3) is 0.321. The Hall–Kier alpha value is -2.95. The van der Waals surface area contributed by atoms with Crippen LogP contribution >= 0.6 is 0 Å². The van der Waals surface area contributed by atoms with E-state index in [1.54, 1.807) is 0 Å². The van der Waals surface area contributed by atoms with Gasteiger partial charge in [-0.1, -0.05) is 81.3 Å². The van der Waals surface area contributed by atoms with Crippen molar-refractivity contribution in [1.82, 2.24) is 5.32 Å². The van der Waals surface area contributed by atoms with E-state index >= 15 is 0 Å². The molecule has 206 valence electrons. The topological polar surface area (TPSA) is 95.5 Å². The number of benzene rings is 3. The lowest BCUT2D eigenvalue weighted by Gasteiger charge is -2.23. The third-order valence-corrected chi connectivity index (χ3v) is 8.68. The molecule has 3 aromatic carbocycles. The molecule has 0 spiro atoms. The number of ether oxygens (including phenoxy) is 1. The van der Waals surface area contributed by atoms with E-state index in [-0.39, 0.29) is 24.4 Å². The van der Waals surface area contributed by atoms with Crippen molar-refractivity contribution in [1.29, 1.82) is 0 Å². The van der Waals surface area contributed by atoms with E-state index in [1.807, 2.05) is 0 Å². The summed E-state index contributed by atoms with van der Waals surface area (Å²) in [7, 11) is -5.83. The molecule has 0 bridgehead atoms. The minimum atomic E-state index is -5.82. The Bertz CT molecular complexity index is 1110. The van der Waals surface area contributed by atoms with Crippen molar-refractivity contribution >= 4 is 27.1 Å². The van der Waals surface area contributed by atoms with Gasteiger partial charge in [-0.3, -0.25) is 0 Å². The minimum absolute atomic E-state index is 0. The number of carbonyl (C=O) groups excluding carboxylic acids is 1. The highest BCUT2D eigenvalue weighted by atomic mass is 32.2. The summed E-state index contributed by atoms with van der Waals surface area (Å²) in [5.41, 5.74) is 0. The fourth-order valence-corrected chi connectivity index (χ4v) is 6.06. The van der Waals surface area contributed by atoms with Gasteiger partial charge in [0.25, 0.3) is 0 Å². The first-order valence-corrected chi connectivity index (χ1v) is 14.5. The predicted molar refractivity (Wildman–Crippen MR) is 144 cm³/mol. The number of alkyl halides is 2. The standard InChI is InChI=1S/C18H15S.C9H15F2NO5S.CH4/c1-4-10-16(11-5-1)19(17-12-6-2-7-13-17)18-14-8-3-9-15-18;10-9(11,18(14,15)16)6-17-8(13)12-7-4-2-1-3-5-7;/h1-15H;7H,1-6H2,(H,12,13)(H,14,15,16);1H4/q+1;;/p-1. The SMILES string of the molecule is C.O=C(NC1CCCCC1)OCC(F)(F)S(=O)(=O)[O-].c1ccc([S+](c2ccccc2)c2ccccc2)cc1. The van der Waals surface area contributed by atoms with E-state index in [9.17, 15) is 26.5 Å². The number of alkyl carbamates (subject to hydrolysis) is 1. The summed E-state index contributed by atoms with van der Waals surface area (Å²) >= 11 is 0. The molecule has 3 aromatic rings. The summed E-state index contributed by atoms with van der Waals surface area (Å²) in [5, 5.41) is -2.25. The molecule has 0 unspecified atom stereocenters. The first-order valence-electron chi connectivity index (χ1n) is 11.8. The molecule has 1 aliphatic rings. The van der Waals surface area contributed by atoms with Crippen molar-refractivity contribution < 1.29 is 31.3 Å². The van der Waals surface area contributed by atoms with Crippen LogP contribution in [0.15, 0.2) is 106 Å². The van der Waals surface area contributed by atoms with Gasteiger partial charge in [0.05, 0.1) is 10.9 Å². The second-order valence-electron chi connectivity index (χ2n) is 8.39. The fourth-order valence-electron chi connectivity index (χ4n) is 3.75. The van der Waals surface area contributed by atoms with Gasteiger partial charge in [-0.05, 0) is 49.2 Å². The van der Waals surface area contributed by atoms with Crippen LogP contribution in [0, 0.1) is 0 Å². The third-order valence-electron chi connectivity index (χ3n) is 5.60. The molecule has 10 heteroatoms. The number of nitrogens with one attached hydrogen (secondary N) is 1. The van der Waals surface area contributed by atoms with Gasteiger partial charge in [-0.15, -0.1) is 0 Å². The van der Waals surface area contributed by atoms with Gasteiger partial charge in [0.2, 0.25) is 0 Å². The Kier molecular flexibility index (Phi) is 12.2. The zero-order valence-corrected chi connectivity index (χ0v) is 21.7. The van der Waals surface area contributed by atoms with Crippen molar-refractivity contribution in [2.75, 3.05) is 6.61 Å². The molecule has 1 amide bonds. The van der Waals surface area contributed by atoms with Crippen LogP contribution in [0.2, 0.25) is 0 Å². The van der Waals surface area contributed by atoms with E-state index in [0.29, 0.717) is 0 Å². The van der Waals surface area contributed by atoms with Gasteiger partial charge in [0.15, 0.2) is 31.4 Å². The highest BCUT2D eigenvalue weighted by molar-refractivity contribution is 7.97. The molecule has 0 aliphatic heterocycles. The largest absolute Gasteiger partial charge is 0.743 e. The molecule has 38 heavy (non-hydrogen) atoms. The van der Waals surface area contributed by atoms with Crippen molar-refractivity contribution in [3.05, 3.63) is 91.0 Å². The first-order chi connectivity index (χ1) is 17.7. The maximum absolute atomic E-state index is 12.7. The molecular formula is C28H33F2NO5S2. The Morgan fingerprint density at radius 2 is 1.24 bits per heavy atom. The molecule has 1 fully saturated rings. The number of hydrogen-bond acceptors (Lipinski definition) is 5. The lowest BCUT2D eigenvalue weighted by atomic mass is 9.96. The van der Waals surface area contributed by atoms with Crippen LogP contribution in [0.5, 0.6) is 0 Å². The molecule has 1 saturated carbocycles. The maximum Gasteiger partial charge on any atom is 0.407 e. The summed E-state index contributed by atoms with van der Waals surface area (Å²) in [4.78, 5) is 15.2. The molecule has 0 saturated heterocycles. The number of amides is 1. The van der Waals surface area contributed by atoms with E-state index in [2.05, 4.69) is 101 Å². The zero-order chi connectivity index (χ0) is 26.7. The van der Waals surface area contributed by atoms with Crippen LogP contribution in [-0.4, -0.2) is 37.0 Å². The first kappa shape index (κ1) is 31.3. The van der Waals surface area contributed by atoms with Crippen molar-refractivity contribution in [3.8, 4) is 0 Å². The van der Waals surface area contributed by atoms with Crippen LogP contribution < -0.4 is 5.32 Å². The summed E-state index contributed by atoms with van der Waals surface area (Å²) in [6, 6.07) is 32.0. The van der Waals surface area contributed by atoms with E-state index in [0.717, 1.165) is 32.1 Å². The molecule has 4 rings (SSSR count). The highest BCUT2D eigenvalue weighted by Crippen LogP contribution is 2.30. The second-order valence-corrected chi connectivity index (χ2v) is 11.9. The lowest BCUT2D eigenvalue weighted by Crippen LogP contribution is -2.40. The smallest absolute Gasteiger partial charge is 0.407 e. The normalized spacial score (nSPS) is 14.0. The third kappa shape index (κ3) is 9.41. The van der Waals surface area contributed by atoms with Crippen LogP contribution in [0.3, 0.4) is 0 Å².